The van der Waals surface area contributed by atoms with E-state index < -0.39 is 0 Å². The standard InChI is InChI=1S/C13H10O2S/c14-13-12-10(6-7-16-12)8-11(15-13)9-4-2-1-3-5-9/h1-7,11H,8H2. The summed E-state index contributed by atoms with van der Waals surface area (Å²) in [7, 11) is 0. The second kappa shape index (κ2) is 3.76. The molecule has 3 heteroatoms. The molecule has 1 aliphatic heterocycles. The molecule has 0 amide bonds. The first-order valence-electron chi connectivity index (χ1n) is 5.17. The fourth-order valence-corrected chi connectivity index (χ4v) is 2.77. The van der Waals surface area contributed by atoms with Gasteiger partial charge < -0.3 is 4.74 Å². The second-order valence-corrected chi connectivity index (χ2v) is 4.70. The Balaban J connectivity index is 1.95. The van der Waals surface area contributed by atoms with Crippen LogP contribution >= 0.6 is 11.3 Å². The lowest BCUT2D eigenvalue weighted by molar-refractivity contribution is 0.0261. The van der Waals surface area contributed by atoms with E-state index in [1.54, 1.807) is 0 Å². The average Bonchev–Trinajstić information content (AvgIpc) is 2.79. The molecule has 0 aliphatic carbocycles. The van der Waals surface area contributed by atoms with Crippen LogP contribution in [0.15, 0.2) is 41.8 Å². The third-order valence-corrected chi connectivity index (χ3v) is 3.69. The lowest BCUT2D eigenvalue weighted by atomic mass is 10.00. The van der Waals surface area contributed by atoms with Gasteiger partial charge in [-0.2, -0.15) is 0 Å². The minimum Gasteiger partial charge on any atom is -0.453 e. The number of esters is 1. The maximum Gasteiger partial charge on any atom is 0.349 e. The predicted molar refractivity (Wildman–Crippen MR) is 62.6 cm³/mol. The van der Waals surface area contributed by atoms with E-state index in [2.05, 4.69) is 0 Å². The van der Waals surface area contributed by atoms with E-state index in [9.17, 15) is 4.79 Å². The van der Waals surface area contributed by atoms with E-state index in [0.717, 1.165) is 22.4 Å². The van der Waals surface area contributed by atoms with Crippen molar-refractivity contribution in [2.45, 2.75) is 12.5 Å². The quantitative estimate of drug-likeness (QED) is 0.703. The Bertz CT molecular complexity index is 516. The predicted octanol–water partition coefficient (Wildman–Crippen LogP) is 3.20. The fourth-order valence-electron chi connectivity index (χ4n) is 1.95. The highest BCUT2D eigenvalue weighted by molar-refractivity contribution is 7.12. The highest BCUT2D eigenvalue weighted by Gasteiger charge is 2.28. The zero-order chi connectivity index (χ0) is 11.0. The summed E-state index contributed by atoms with van der Waals surface area (Å²) in [6.07, 6.45) is 0.657. The molecule has 0 saturated carbocycles. The van der Waals surface area contributed by atoms with Gasteiger partial charge in [-0.25, -0.2) is 4.79 Å². The lowest BCUT2D eigenvalue weighted by Crippen LogP contribution is -2.19. The topological polar surface area (TPSA) is 26.3 Å². The molecule has 16 heavy (non-hydrogen) atoms. The molecule has 1 atom stereocenters. The van der Waals surface area contributed by atoms with Crippen molar-refractivity contribution in [1.82, 2.24) is 0 Å². The Hall–Kier alpha value is -1.61. The van der Waals surface area contributed by atoms with Gasteiger partial charge in [-0.3, -0.25) is 0 Å². The normalized spacial score (nSPS) is 19.0. The Kier molecular flexibility index (Phi) is 2.26. The molecule has 1 aliphatic rings. The first-order valence-corrected chi connectivity index (χ1v) is 6.05. The van der Waals surface area contributed by atoms with Gasteiger partial charge in [-0.1, -0.05) is 30.3 Å². The van der Waals surface area contributed by atoms with Gasteiger partial charge in [0.15, 0.2) is 0 Å². The van der Waals surface area contributed by atoms with Crippen LogP contribution in [-0.2, 0) is 11.2 Å². The maximum atomic E-state index is 11.7. The van der Waals surface area contributed by atoms with Gasteiger partial charge in [0.05, 0.1) is 0 Å². The van der Waals surface area contributed by atoms with Crippen molar-refractivity contribution in [1.29, 1.82) is 0 Å². The smallest absolute Gasteiger partial charge is 0.349 e. The van der Waals surface area contributed by atoms with Gasteiger partial charge in [0, 0.05) is 6.42 Å². The minimum absolute atomic E-state index is 0.129. The van der Waals surface area contributed by atoms with E-state index in [0.29, 0.717) is 0 Å². The number of thiophene rings is 1. The van der Waals surface area contributed by atoms with Crippen LogP contribution in [0.2, 0.25) is 0 Å². The Morgan fingerprint density at radius 3 is 2.81 bits per heavy atom. The van der Waals surface area contributed by atoms with Crippen LogP contribution in [0.4, 0.5) is 0 Å². The molecule has 0 fully saturated rings. The van der Waals surface area contributed by atoms with E-state index in [1.807, 2.05) is 41.8 Å². The summed E-state index contributed by atoms with van der Waals surface area (Å²) < 4.78 is 5.43. The molecule has 80 valence electrons. The summed E-state index contributed by atoms with van der Waals surface area (Å²) in [4.78, 5) is 12.5. The van der Waals surface area contributed by atoms with Crippen molar-refractivity contribution in [3.05, 3.63) is 57.8 Å². The number of carbonyl (C=O) groups is 1. The number of rotatable bonds is 1. The summed E-state index contributed by atoms with van der Waals surface area (Å²) >= 11 is 1.46. The van der Waals surface area contributed by atoms with Crippen molar-refractivity contribution in [2.75, 3.05) is 0 Å². The average molecular weight is 230 g/mol. The van der Waals surface area contributed by atoms with Crippen LogP contribution in [0.25, 0.3) is 0 Å². The third kappa shape index (κ3) is 1.53. The van der Waals surface area contributed by atoms with Crippen LogP contribution in [0.5, 0.6) is 0 Å². The summed E-state index contributed by atoms with van der Waals surface area (Å²) in [6.45, 7) is 0. The van der Waals surface area contributed by atoms with E-state index in [-0.39, 0.29) is 12.1 Å². The molecule has 1 aromatic carbocycles. The number of hydrogen-bond acceptors (Lipinski definition) is 3. The first kappa shape index (κ1) is 9.60. The van der Waals surface area contributed by atoms with Crippen molar-refractivity contribution < 1.29 is 9.53 Å². The number of carbonyl (C=O) groups excluding carboxylic acids is 1. The van der Waals surface area contributed by atoms with Crippen molar-refractivity contribution in [3.8, 4) is 0 Å². The molecule has 0 bridgehead atoms. The minimum atomic E-state index is -0.190. The third-order valence-electron chi connectivity index (χ3n) is 2.76. The van der Waals surface area contributed by atoms with Crippen LogP contribution in [0.3, 0.4) is 0 Å². The van der Waals surface area contributed by atoms with Crippen LogP contribution in [0.1, 0.15) is 26.9 Å². The van der Waals surface area contributed by atoms with Gasteiger partial charge in [-0.05, 0) is 22.6 Å². The fraction of sp³-hybridized carbons (Fsp3) is 0.154. The molecule has 0 N–H and O–H groups in total. The molecule has 0 spiro atoms. The summed E-state index contributed by atoms with van der Waals surface area (Å²) in [5.41, 5.74) is 2.17. The highest BCUT2D eigenvalue weighted by Crippen LogP contribution is 2.32. The number of cyclic esters (lactones) is 1. The second-order valence-electron chi connectivity index (χ2n) is 3.78. The Morgan fingerprint density at radius 1 is 1.19 bits per heavy atom. The van der Waals surface area contributed by atoms with E-state index >= 15 is 0 Å². The van der Waals surface area contributed by atoms with Crippen LogP contribution in [-0.4, -0.2) is 5.97 Å². The Labute approximate surface area is 97.5 Å². The first-order chi connectivity index (χ1) is 7.84. The maximum absolute atomic E-state index is 11.7. The summed E-state index contributed by atoms with van der Waals surface area (Å²) in [6, 6.07) is 11.9. The van der Waals surface area contributed by atoms with E-state index in [4.69, 9.17) is 4.74 Å². The molecule has 1 unspecified atom stereocenters. The van der Waals surface area contributed by atoms with Crippen molar-refractivity contribution >= 4 is 17.3 Å². The number of ether oxygens (including phenoxy) is 1. The molecule has 2 heterocycles. The monoisotopic (exact) mass is 230 g/mol. The highest BCUT2D eigenvalue weighted by atomic mass is 32.1. The SMILES string of the molecule is O=C1OC(c2ccccc2)Cc2ccsc21. The van der Waals surface area contributed by atoms with Gasteiger partial charge in [0.2, 0.25) is 0 Å². The number of fused-ring (bicyclic) bond motifs is 1. The summed E-state index contributed by atoms with van der Waals surface area (Å²) in [5, 5.41) is 1.94. The molecule has 2 nitrogen and oxygen atoms in total. The number of hydrogen-bond donors (Lipinski definition) is 0. The van der Waals surface area contributed by atoms with Crippen LogP contribution < -0.4 is 0 Å². The molecule has 0 saturated heterocycles. The van der Waals surface area contributed by atoms with Gasteiger partial charge >= 0.3 is 5.97 Å². The van der Waals surface area contributed by atoms with Crippen LogP contribution in [0, 0.1) is 0 Å². The van der Waals surface area contributed by atoms with Crippen molar-refractivity contribution in [3.63, 3.8) is 0 Å². The zero-order valence-corrected chi connectivity index (χ0v) is 9.37. The molecule has 2 aromatic rings. The van der Waals surface area contributed by atoms with Gasteiger partial charge in [0.1, 0.15) is 11.0 Å². The zero-order valence-electron chi connectivity index (χ0n) is 8.55. The molecule has 1 aromatic heterocycles. The molecule has 0 radical (unpaired) electrons. The Morgan fingerprint density at radius 2 is 2.00 bits per heavy atom. The largest absolute Gasteiger partial charge is 0.453 e. The lowest BCUT2D eigenvalue weighted by Gasteiger charge is -2.22. The number of benzene rings is 1. The van der Waals surface area contributed by atoms with Crippen molar-refractivity contribution in [2.24, 2.45) is 0 Å². The molecule has 3 rings (SSSR count). The van der Waals surface area contributed by atoms with Gasteiger partial charge in [-0.15, -0.1) is 11.3 Å². The molecular formula is C13H10O2S. The molecular weight excluding hydrogens is 220 g/mol. The van der Waals surface area contributed by atoms with Gasteiger partial charge in [0.25, 0.3) is 0 Å². The summed E-state index contributed by atoms with van der Waals surface area (Å²) in [5.74, 6) is -0.190. The van der Waals surface area contributed by atoms with E-state index in [1.165, 1.54) is 11.3 Å².